The van der Waals surface area contributed by atoms with Gasteiger partial charge in [-0.05, 0) is 31.2 Å². The molecule has 0 fully saturated rings. The fourth-order valence-electron chi connectivity index (χ4n) is 2.21. The van der Waals surface area contributed by atoms with Crippen LogP contribution in [0.1, 0.15) is 22.3 Å². The molecule has 0 saturated heterocycles. The third kappa shape index (κ3) is 2.95. The molecule has 0 aliphatic rings. The van der Waals surface area contributed by atoms with Crippen molar-refractivity contribution in [2.24, 2.45) is 0 Å². The molecule has 1 heterocycles. The summed E-state index contributed by atoms with van der Waals surface area (Å²) in [7, 11) is 0. The molecule has 0 atom stereocenters. The summed E-state index contributed by atoms with van der Waals surface area (Å²) in [5.41, 5.74) is 1.57. The number of ether oxygens (including phenoxy) is 1. The van der Waals surface area contributed by atoms with E-state index < -0.39 is 0 Å². The number of nitrogens with zero attached hydrogens (tertiary/aromatic N) is 1. The van der Waals surface area contributed by atoms with Crippen molar-refractivity contribution in [2.75, 3.05) is 6.61 Å². The first kappa shape index (κ1) is 13.8. The molecule has 21 heavy (non-hydrogen) atoms. The van der Waals surface area contributed by atoms with Crippen LogP contribution in [-0.4, -0.2) is 17.4 Å². The van der Waals surface area contributed by atoms with Gasteiger partial charge in [0, 0.05) is 0 Å². The van der Waals surface area contributed by atoms with Crippen molar-refractivity contribution in [1.82, 2.24) is 4.98 Å². The van der Waals surface area contributed by atoms with Crippen molar-refractivity contribution in [1.29, 1.82) is 0 Å². The van der Waals surface area contributed by atoms with E-state index in [0.717, 1.165) is 15.2 Å². The molecule has 0 spiro atoms. The van der Waals surface area contributed by atoms with E-state index >= 15 is 0 Å². The van der Waals surface area contributed by atoms with E-state index in [1.54, 1.807) is 17.4 Å². The molecule has 0 amide bonds. The molecule has 0 saturated carbocycles. The minimum Gasteiger partial charge on any atom is -0.493 e. The highest BCUT2D eigenvalue weighted by molar-refractivity contribution is 7.18. The first-order chi connectivity index (χ1) is 10.3. The number of carbonyl (C=O) groups excluding carboxylic acids is 1. The number of hydrogen-bond donors (Lipinski definition) is 0. The lowest BCUT2D eigenvalue weighted by Crippen LogP contribution is -2.06. The van der Waals surface area contributed by atoms with Crippen LogP contribution in [0.2, 0.25) is 0 Å². The number of Topliss-reactive ketones (excluding diaryl/α,β-unsaturated/α-hetero) is 1. The van der Waals surface area contributed by atoms with E-state index in [1.807, 2.05) is 49.4 Å². The Morgan fingerprint density at radius 1 is 1.14 bits per heavy atom. The maximum atomic E-state index is 12.5. The first-order valence-electron chi connectivity index (χ1n) is 6.87. The minimum atomic E-state index is 0.0399. The number of thiazole rings is 1. The van der Waals surface area contributed by atoms with E-state index in [4.69, 9.17) is 4.74 Å². The second-order valence-corrected chi connectivity index (χ2v) is 5.72. The van der Waals surface area contributed by atoms with Crippen LogP contribution in [0.3, 0.4) is 0 Å². The summed E-state index contributed by atoms with van der Waals surface area (Å²) in [6, 6.07) is 15.3. The van der Waals surface area contributed by atoms with Crippen molar-refractivity contribution >= 4 is 27.3 Å². The van der Waals surface area contributed by atoms with Gasteiger partial charge < -0.3 is 4.74 Å². The Bertz CT molecular complexity index is 746. The van der Waals surface area contributed by atoms with Gasteiger partial charge in [0.2, 0.25) is 0 Å². The van der Waals surface area contributed by atoms with Crippen molar-refractivity contribution in [2.45, 2.75) is 13.3 Å². The zero-order valence-electron chi connectivity index (χ0n) is 11.7. The predicted octanol–water partition coefficient (Wildman–Crippen LogP) is 4.12. The molecule has 106 valence electrons. The highest BCUT2D eigenvalue weighted by atomic mass is 32.1. The highest BCUT2D eigenvalue weighted by Crippen LogP contribution is 2.25. The number of hydrogen-bond acceptors (Lipinski definition) is 4. The normalized spacial score (nSPS) is 10.7. The van der Waals surface area contributed by atoms with Gasteiger partial charge in [-0.2, -0.15) is 0 Å². The lowest BCUT2D eigenvalue weighted by atomic mass is 10.1. The molecule has 2 aromatic carbocycles. The Kier molecular flexibility index (Phi) is 3.97. The van der Waals surface area contributed by atoms with Crippen molar-refractivity contribution < 1.29 is 9.53 Å². The van der Waals surface area contributed by atoms with Crippen LogP contribution in [0.5, 0.6) is 5.75 Å². The predicted molar refractivity (Wildman–Crippen MR) is 85.3 cm³/mol. The van der Waals surface area contributed by atoms with Crippen LogP contribution in [0.15, 0.2) is 48.5 Å². The Hall–Kier alpha value is -2.20. The lowest BCUT2D eigenvalue weighted by molar-refractivity contribution is 0.0989. The molecule has 0 radical (unpaired) electrons. The summed E-state index contributed by atoms with van der Waals surface area (Å²) >= 11 is 1.57. The van der Waals surface area contributed by atoms with Gasteiger partial charge in [0.15, 0.2) is 5.78 Å². The SMILES string of the molecule is CCOc1ccccc1C(=O)Cc1nc2ccccc2s1. The molecule has 0 bridgehead atoms. The smallest absolute Gasteiger partial charge is 0.173 e. The number of para-hydroxylation sites is 2. The lowest BCUT2D eigenvalue weighted by Gasteiger charge is -2.08. The summed E-state index contributed by atoms with van der Waals surface area (Å²) < 4.78 is 6.63. The van der Waals surface area contributed by atoms with Crippen molar-refractivity contribution in [3.05, 3.63) is 59.1 Å². The number of carbonyl (C=O) groups is 1. The van der Waals surface area contributed by atoms with Crippen LogP contribution in [0.4, 0.5) is 0 Å². The number of aromatic nitrogens is 1. The molecule has 4 heteroatoms. The standard InChI is InChI=1S/C17H15NO2S/c1-2-20-15-9-5-3-7-12(15)14(19)11-17-18-13-8-4-6-10-16(13)21-17/h3-10H,2,11H2,1H3. The number of benzene rings is 2. The molecule has 3 aromatic rings. The summed E-state index contributed by atoms with van der Waals surface area (Å²) in [5, 5.41) is 0.840. The second-order valence-electron chi connectivity index (χ2n) is 4.60. The van der Waals surface area contributed by atoms with Gasteiger partial charge >= 0.3 is 0 Å². The van der Waals surface area contributed by atoms with Gasteiger partial charge in [-0.25, -0.2) is 4.98 Å². The summed E-state index contributed by atoms with van der Waals surface area (Å²) in [6.45, 7) is 2.46. The van der Waals surface area contributed by atoms with Gasteiger partial charge in [-0.15, -0.1) is 11.3 Å². The maximum Gasteiger partial charge on any atom is 0.173 e. The molecule has 0 N–H and O–H groups in total. The zero-order valence-corrected chi connectivity index (χ0v) is 12.5. The van der Waals surface area contributed by atoms with Crippen molar-refractivity contribution in [3.8, 4) is 5.75 Å². The summed E-state index contributed by atoms with van der Waals surface area (Å²) in [5.74, 6) is 0.684. The average molecular weight is 297 g/mol. The Morgan fingerprint density at radius 3 is 2.71 bits per heavy atom. The van der Waals surface area contributed by atoms with Crippen molar-refractivity contribution in [3.63, 3.8) is 0 Å². The molecular formula is C17H15NO2S. The molecule has 3 rings (SSSR count). The second kappa shape index (κ2) is 6.06. The van der Waals surface area contributed by atoms with Crippen LogP contribution in [0, 0.1) is 0 Å². The van der Waals surface area contributed by atoms with E-state index in [-0.39, 0.29) is 5.78 Å². The van der Waals surface area contributed by atoms with E-state index in [1.165, 1.54) is 0 Å². The monoisotopic (exact) mass is 297 g/mol. The van der Waals surface area contributed by atoms with Gasteiger partial charge in [-0.3, -0.25) is 4.79 Å². The zero-order chi connectivity index (χ0) is 14.7. The third-order valence-corrected chi connectivity index (χ3v) is 4.17. The van der Waals surface area contributed by atoms with Crippen LogP contribution in [0.25, 0.3) is 10.2 Å². The topological polar surface area (TPSA) is 39.2 Å². The average Bonchev–Trinajstić information content (AvgIpc) is 2.90. The van der Waals surface area contributed by atoms with E-state index in [9.17, 15) is 4.79 Å². The number of fused-ring (bicyclic) bond motifs is 1. The fraction of sp³-hybridized carbons (Fsp3) is 0.176. The van der Waals surface area contributed by atoms with Gasteiger partial charge in [0.25, 0.3) is 0 Å². The summed E-state index contributed by atoms with van der Waals surface area (Å²) in [6.07, 6.45) is 0.309. The Labute approximate surface area is 127 Å². The quantitative estimate of drug-likeness (QED) is 0.665. The van der Waals surface area contributed by atoms with Gasteiger partial charge in [-0.1, -0.05) is 24.3 Å². The Balaban J connectivity index is 1.86. The third-order valence-electron chi connectivity index (χ3n) is 3.14. The molecule has 3 nitrogen and oxygen atoms in total. The van der Waals surface area contributed by atoms with E-state index in [2.05, 4.69) is 4.98 Å². The van der Waals surface area contributed by atoms with Crippen LogP contribution in [-0.2, 0) is 6.42 Å². The molecular weight excluding hydrogens is 282 g/mol. The van der Waals surface area contributed by atoms with Gasteiger partial charge in [0.1, 0.15) is 10.8 Å². The number of rotatable bonds is 5. The molecule has 0 aliphatic carbocycles. The number of ketones is 1. The minimum absolute atomic E-state index is 0.0399. The first-order valence-corrected chi connectivity index (χ1v) is 7.69. The van der Waals surface area contributed by atoms with Crippen LogP contribution < -0.4 is 4.74 Å². The molecule has 0 unspecified atom stereocenters. The van der Waals surface area contributed by atoms with Crippen LogP contribution >= 0.6 is 11.3 Å². The summed E-state index contributed by atoms with van der Waals surface area (Å²) in [4.78, 5) is 17.0. The molecule has 1 aromatic heterocycles. The highest BCUT2D eigenvalue weighted by Gasteiger charge is 2.14. The largest absolute Gasteiger partial charge is 0.493 e. The van der Waals surface area contributed by atoms with Gasteiger partial charge in [0.05, 0.1) is 28.8 Å². The Morgan fingerprint density at radius 2 is 1.90 bits per heavy atom. The fourth-order valence-corrected chi connectivity index (χ4v) is 3.17. The van der Waals surface area contributed by atoms with E-state index in [0.29, 0.717) is 24.3 Å². The molecule has 0 aliphatic heterocycles. The maximum absolute atomic E-state index is 12.5.